The number of aromatic carboxylic acids is 1. The van der Waals surface area contributed by atoms with Crippen LogP contribution in [0.3, 0.4) is 0 Å². The Morgan fingerprint density at radius 2 is 0.897 bits per heavy atom. The highest BCUT2D eigenvalue weighted by Crippen LogP contribution is 2.47. The quantitative estimate of drug-likeness (QED) is 0.161. The van der Waals surface area contributed by atoms with Crippen molar-refractivity contribution < 1.29 is 19.4 Å². The van der Waals surface area contributed by atoms with E-state index in [-0.39, 0.29) is 70.3 Å². The van der Waals surface area contributed by atoms with E-state index in [0.29, 0.717) is 47.3 Å². The van der Waals surface area contributed by atoms with E-state index in [0.717, 1.165) is 60.4 Å². The molecule has 12 nitrogen and oxygen atoms in total. The van der Waals surface area contributed by atoms with Crippen molar-refractivity contribution in [1.29, 1.82) is 0 Å². The number of carboxylic acids is 1. The largest absolute Gasteiger partial charge is 0.476 e. The lowest BCUT2D eigenvalue weighted by Crippen LogP contribution is -2.51. The van der Waals surface area contributed by atoms with Gasteiger partial charge >= 0.3 is 11.9 Å². The summed E-state index contributed by atoms with van der Waals surface area (Å²) in [4.78, 5) is 65.0. The minimum atomic E-state index is -1.24. The van der Waals surface area contributed by atoms with Crippen molar-refractivity contribution in [3.63, 3.8) is 0 Å². The van der Waals surface area contributed by atoms with Gasteiger partial charge in [0.05, 0.1) is 28.7 Å². The van der Waals surface area contributed by atoms with E-state index in [1.54, 1.807) is 17.6 Å². The first-order valence-electron chi connectivity index (χ1n) is 24.9. The number of rotatable bonds is 9. The highest BCUT2D eigenvalue weighted by atomic mass is 35.5. The molecule has 2 saturated carbocycles. The predicted molar refractivity (Wildman–Crippen MR) is 277 cm³/mol. The van der Waals surface area contributed by atoms with Gasteiger partial charge in [0.1, 0.15) is 0 Å². The van der Waals surface area contributed by atoms with Crippen LogP contribution in [0.25, 0.3) is 22.1 Å². The maximum absolute atomic E-state index is 13.5. The van der Waals surface area contributed by atoms with E-state index in [2.05, 4.69) is 47.5 Å². The molecule has 6 fully saturated rings. The molecule has 6 heterocycles. The predicted octanol–water partition coefficient (Wildman–Crippen LogP) is 11.8. The third-order valence-electron chi connectivity index (χ3n) is 16.7. The molecule has 2 aromatic heterocycles. The highest BCUT2D eigenvalue weighted by Gasteiger charge is 2.47. The Morgan fingerprint density at radius 1 is 0.559 bits per heavy atom. The fraction of sp³-hybridized carbons (Fsp3) is 0.673. The van der Waals surface area contributed by atoms with Crippen LogP contribution in [0, 0.1) is 23.7 Å². The molecular weight excluding hydrogens is 876 g/mol. The monoisotopic (exact) mass is 959 g/mol. The average molecular weight is 960 g/mol. The van der Waals surface area contributed by atoms with Gasteiger partial charge in [0.2, 0.25) is 11.4 Å². The third kappa shape index (κ3) is 10.6. The van der Waals surface area contributed by atoms with Gasteiger partial charge in [-0.05, 0) is 158 Å². The van der Waals surface area contributed by atoms with E-state index in [9.17, 15) is 24.3 Å². The second kappa shape index (κ2) is 23.2. The van der Waals surface area contributed by atoms with Gasteiger partial charge in [-0.2, -0.15) is 0 Å². The van der Waals surface area contributed by atoms with Crippen LogP contribution < -0.4 is 11.1 Å². The molecule has 376 valence electrons. The number of nitrogens with zero attached hydrogens (tertiary/aromatic N) is 6. The number of hydrogen-bond donors (Lipinski definition) is 1. The number of hydrogen-bond acceptors (Lipinski definition) is 9. The minimum absolute atomic E-state index is 0. The van der Waals surface area contributed by atoms with E-state index in [1.165, 1.54) is 77.0 Å². The highest BCUT2D eigenvalue weighted by molar-refractivity contribution is 5.90. The molecule has 2 aliphatic carbocycles. The number of carbonyl (C=O) groups excluding carboxylic acids is 1. The number of esters is 1. The SMILES string of the molecule is C.C.C.CC(C)C1CCC(N2[C@@H]3CC[C@H]2CC(n2c(=O)c(C(=O)O)nc4ccccc42)C3)CC1.CCOC(=O)c1nc2ccccc2n(C2C[C@H]3CC[C@@H](C2)N3C2CCC(C(C)C)CC2)c1=O.Cl. The lowest BCUT2D eigenvalue weighted by Gasteiger charge is -2.46. The normalized spacial score (nSPS) is 28.9. The molecular formula is C55H83ClN6O6. The minimum Gasteiger partial charge on any atom is -0.476 e. The van der Waals surface area contributed by atoms with Gasteiger partial charge in [0.15, 0.2) is 0 Å². The second-order valence-electron chi connectivity index (χ2n) is 20.8. The first-order chi connectivity index (χ1) is 30.9. The molecule has 1 N–H and O–H groups in total. The van der Waals surface area contributed by atoms with E-state index in [4.69, 9.17) is 4.74 Å². The smallest absolute Gasteiger partial charge is 0.362 e. The van der Waals surface area contributed by atoms with Crippen molar-refractivity contribution in [3.05, 3.63) is 80.6 Å². The zero-order chi connectivity index (χ0) is 44.8. The molecule has 4 saturated heterocycles. The number of halogens is 1. The number of benzene rings is 2. The molecule has 4 bridgehead atoms. The molecule has 2 unspecified atom stereocenters. The summed E-state index contributed by atoms with van der Waals surface area (Å²) >= 11 is 0. The van der Waals surface area contributed by atoms with E-state index < -0.39 is 17.5 Å². The van der Waals surface area contributed by atoms with Crippen LogP contribution in [0.2, 0.25) is 0 Å². The topological polar surface area (TPSA) is 140 Å². The molecule has 6 aliphatic rings. The van der Waals surface area contributed by atoms with Gasteiger partial charge in [-0.15, -0.1) is 12.4 Å². The summed E-state index contributed by atoms with van der Waals surface area (Å²) in [5, 5.41) is 9.55. The Labute approximate surface area is 412 Å². The molecule has 0 spiro atoms. The van der Waals surface area contributed by atoms with Crippen molar-refractivity contribution in [2.45, 2.75) is 208 Å². The molecule has 4 aliphatic heterocycles. The summed E-state index contributed by atoms with van der Waals surface area (Å²) in [6.45, 7) is 11.4. The fourth-order valence-corrected chi connectivity index (χ4v) is 13.6. The number of carboxylic acid groups (broad SMARTS) is 1. The molecule has 0 amide bonds. The third-order valence-corrected chi connectivity index (χ3v) is 16.7. The number of piperidine rings is 2. The average Bonchev–Trinajstić information content (AvgIpc) is 3.72. The van der Waals surface area contributed by atoms with Crippen molar-refractivity contribution in [3.8, 4) is 0 Å². The van der Waals surface area contributed by atoms with Crippen LogP contribution >= 0.6 is 12.4 Å². The number of carbonyl (C=O) groups is 2. The summed E-state index contributed by atoms with van der Waals surface area (Å²) < 4.78 is 8.78. The van der Waals surface area contributed by atoms with Gasteiger partial charge in [-0.3, -0.25) is 19.4 Å². The van der Waals surface area contributed by atoms with Gasteiger partial charge in [0.25, 0.3) is 11.1 Å². The molecule has 0 radical (unpaired) electrons. The van der Waals surface area contributed by atoms with E-state index in [1.807, 2.05) is 47.0 Å². The van der Waals surface area contributed by atoms with Gasteiger partial charge < -0.3 is 19.0 Å². The van der Waals surface area contributed by atoms with Gasteiger partial charge in [-0.1, -0.05) is 74.2 Å². The Morgan fingerprint density at radius 3 is 1.25 bits per heavy atom. The molecule has 2 aromatic carbocycles. The van der Waals surface area contributed by atoms with Crippen LogP contribution in [0.1, 0.15) is 193 Å². The lowest BCUT2D eigenvalue weighted by atomic mass is 9.78. The summed E-state index contributed by atoms with van der Waals surface area (Å²) in [6, 6.07) is 18.7. The standard InChI is InChI=1S/C27H37N3O3.C25H33N3O3.3CH4.ClH/c1-4-33-27(32)25-26(31)30(24-8-6-5-7-23(24)28-25)22-15-20-13-14-21(16-22)29(20)19-11-9-18(10-12-19)17(2)3;1-15(2)16-7-9-17(10-8-16)27-18-11-12-19(27)14-20(13-18)28-22-6-4-3-5-21(22)26-23(24(28)29)25(30)31;;;;/h5-8,17-22H,4,9-16H2,1-3H3;3-6,15-20H,7-14H2,1-2H3,(H,30,31);3*1H4;1H/t18?,19?,20-,21+,22?;16?,17?,18-,19+,20?;;;;. The van der Waals surface area contributed by atoms with Crippen molar-refractivity contribution >= 4 is 46.4 Å². The van der Waals surface area contributed by atoms with Crippen LogP contribution in [0.5, 0.6) is 0 Å². The number of fused-ring (bicyclic) bond motifs is 6. The van der Waals surface area contributed by atoms with Crippen LogP contribution in [0.4, 0.5) is 0 Å². The van der Waals surface area contributed by atoms with Gasteiger partial charge in [-0.25, -0.2) is 19.6 Å². The Kier molecular flexibility index (Phi) is 18.7. The summed E-state index contributed by atoms with van der Waals surface area (Å²) in [5.74, 6) is 1.44. The zero-order valence-electron chi connectivity index (χ0n) is 39.1. The maximum atomic E-state index is 13.5. The molecule has 10 rings (SSSR count). The fourth-order valence-electron chi connectivity index (χ4n) is 13.6. The summed E-state index contributed by atoms with van der Waals surface area (Å²) in [7, 11) is 0. The van der Waals surface area contributed by atoms with Crippen LogP contribution in [-0.4, -0.2) is 88.8 Å². The molecule has 13 heteroatoms. The Balaban J connectivity index is 0.000000240. The zero-order valence-corrected chi connectivity index (χ0v) is 40.0. The maximum Gasteiger partial charge on any atom is 0.362 e. The van der Waals surface area contributed by atoms with Crippen molar-refractivity contribution in [2.75, 3.05) is 6.61 Å². The summed E-state index contributed by atoms with van der Waals surface area (Å²) in [5.41, 5.74) is 1.64. The van der Waals surface area contributed by atoms with E-state index >= 15 is 0 Å². The summed E-state index contributed by atoms with van der Waals surface area (Å²) in [6.07, 6.45) is 19.2. The van der Waals surface area contributed by atoms with Crippen LogP contribution in [0.15, 0.2) is 58.1 Å². The Hall–Kier alpha value is -4.13. The number of aromatic nitrogens is 4. The Bertz CT molecular complexity index is 2430. The first kappa shape index (κ1) is 54.8. The number of ether oxygens (including phenoxy) is 1. The van der Waals surface area contributed by atoms with Gasteiger partial charge in [0, 0.05) is 48.3 Å². The molecule has 6 atom stereocenters. The lowest BCUT2D eigenvalue weighted by molar-refractivity contribution is 0.0329. The van der Waals surface area contributed by atoms with Crippen LogP contribution in [-0.2, 0) is 4.74 Å². The molecule has 68 heavy (non-hydrogen) atoms. The number of para-hydroxylation sites is 4. The first-order valence-corrected chi connectivity index (χ1v) is 24.9. The van der Waals surface area contributed by atoms with Crippen molar-refractivity contribution in [1.82, 2.24) is 28.9 Å². The second-order valence-corrected chi connectivity index (χ2v) is 20.8. The molecule has 4 aromatic rings. The van der Waals surface area contributed by atoms with Crippen molar-refractivity contribution in [2.24, 2.45) is 23.7 Å².